The monoisotopic (exact) mass is 433 g/mol. The van der Waals surface area contributed by atoms with Crippen molar-refractivity contribution in [2.75, 3.05) is 0 Å². The van der Waals surface area contributed by atoms with Crippen LogP contribution in [0.2, 0.25) is 0 Å². The van der Waals surface area contributed by atoms with E-state index in [0.29, 0.717) is 11.1 Å². The van der Waals surface area contributed by atoms with Crippen LogP contribution in [0.3, 0.4) is 0 Å². The van der Waals surface area contributed by atoms with Gasteiger partial charge in [-0.05, 0) is 17.7 Å². The standard InChI is InChI=1S/C28H19NO4/c30-24(20-12-4-1-5-13-20)26(32)27(22-16-8-3-9-17-22)28(33-27,23-18-10-11-19-29-23)25(31)21-14-6-2-7-15-21/h1-19H/t27-,28-/m1/s1. The molecule has 0 amide bonds. The van der Waals surface area contributed by atoms with Gasteiger partial charge in [0.2, 0.25) is 28.6 Å². The Morgan fingerprint density at radius 2 is 1.15 bits per heavy atom. The van der Waals surface area contributed by atoms with Crippen molar-refractivity contribution >= 4 is 17.3 Å². The summed E-state index contributed by atoms with van der Waals surface area (Å²) < 4.78 is 6.20. The largest absolute Gasteiger partial charge is 0.333 e. The zero-order chi connectivity index (χ0) is 22.9. The van der Waals surface area contributed by atoms with Crippen LogP contribution in [0.5, 0.6) is 0 Å². The Hall–Kier alpha value is -4.22. The Bertz CT molecular complexity index is 1320. The van der Waals surface area contributed by atoms with Gasteiger partial charge in [-0.3, -0.25) is 19.4 Å². The van der Waals surface area contributed by atoms with Crippen molar-refractivity contribution in [3.63, 3.8) is 0 Å². The van der Waals surface area contributed by atoms with E-state index in [2.05, 4.69) is 4.98 Å². The quantitative estimate of drug-likeness (QED) is 0.243. The summed E-state index contributed by atoms with van der Waals surface area (Å²) in [5.41, 5.74) is -2.30. The lowest BCUT2D eigenvalue weighted by Gasteiger charge is -2.19. The fourth-order valence-electron chi connectivity index (χ4n) is 4.28. The molecular weight excluding hydrogens is 414 g/mol. The normalized spacial score (nSPS) is 21.2. The number of benzene rings is 3. The maximum absolute atomic E-state index is 14.0. The van der Waals surface area contributed by atoms with Crippen molar-refractivity contribution in [2.45, 2.75) is 11.2 Å². The van der Waals surface area contributed by atoms with E-state index in [1.165, 1.54) is 6.20 Å². The molecule has 5 nitrogen and oxygen atoms in total. The lowest BCUT2D eigenvalue weighted by atomic mass is 9.75. The van der Waals surface area contributed by atoms with E-state index in [0.717, 1.165) is 0 Å². The number of pyridine rings is 1. The molecule has 2 atom stereocenters. The number of Topliss-reactive ketones (excluding diaryl/α,β-unsaturated/α-hetero) is 3. The highest BCUT2D eigenvalue weighted by atomic mass is 16.6. The number of rotatable bonds is 7. The molecular formula is C28H19NO4. The molecule has 5 heteroatoms. The molecule has 1 fully saturated rings. The van der Waals surface area contributed by atoms with E-state index in [1.54, 1.807) is 109 Å². The van der Waals surface area contributed by atoms with Crippen molar-refractivity contribution < 1.29 is 19.1 Å². The van der Waals surface area contributed by atoms with Crippen LogP contribution < -0.4 is 0 Å². The van der Waals surface area contributed by atoms with Gasteiger partial charge in [0.25, 0.3) is 0 Å². The molecule has 4 aromatic rings. The summed E-state index contributed by atoms with van der Waals surface area (Å²) >= 11 is 0. The van der Waals surface area contributed by atoms with E-state index in [-0.39, 0.29) is 11.3 Å². The molecule has 5 rings (SSSR count). The zero-order valence-electron chi connectivity index (χ0n) is 17.5. The molecule has 0 N–H and O–H groups in total. The average molecular weight is 433 g/mol. The summed E-state index contributed by atoms with van der Waals surface area (Å²) in [5.74, 6) is -1.96. The van der Waals surface area contributed by atoms with E-state index in [4.69, 9.17) is 4.74 Å². The number of hydrogen-bond acceptors (Lipinski definition) is 5. The average Bonchev–Trinajstić information content (AvgIpc) is 3.62. The highest BCUT2D eigenvalue weighted by Gasteiger charge is 2.81. The highest BCUT2D eigenvalue weighted by Crippen LogP contribution is 2.64. The molecule has 0 radical (unpaired) electrons. The van der Waals surface area contributed by atoms with Gasteiger partial charge >= 0.3 is 0 Å². The topological polar surface area (TPSA) is 76.6 Å². The lowest BCUT2D eigenvalue weighted by molar-refractivity contribution is -0.120. The summed E-state index contributed by atoms with van der Waals surface area (Å²) in [6.07, 6.45) is 1.54. The first-order valence-electron chi connectivity index (χ1n) is 10.5. The molecule has 160 valence electrons. The van der Waals surface area contributed by atoms with Gasteiger partial charge in [0.1, 0.15) is 0 Å². The minimum absolute atomic E-state index is 0.232. The second-order valence-corrected chi connectivity index (χ2v) is 7.76. The Kier molecular flexibility index (Phi) is 5.04. The number of ether oxygens (including phenoxy) is 1. The minimum atomic E-state index is -1.83. The molecule has 0 unspecified atom stereocenters. The number of nitrogens with zero attached hydrogens (tertiary/aromatic N) is 1. The molecule has 1 aromatic heterocycles. The smallest absolute Gasteiger partial charge is 0.243 e. The SMILES string of the molecule is O=C(C(=O)[C@@]1(c2ccccc2)O[C@@]1(C(=O)c1ccccc1)c1ccccn1)c1ccccc1. The molecule has 0 spiro atoms. The molecule has 0 saturated carbocycles. The summed E-state index contributed by atoms with van der Waals surface area (Å²) in [4.78, 5) is 45.6. The maximum Gasteiger partial charge on any atom is 0.243 e. The summed E-state index contributed by atoms with van der Waals surface area (Å²) in [7, 11) is 0. The fourth-order valence-corrected chi connectivity index (χ4v) is 4.28. The van der Waals surface area contributed by atoms with Crippen LogP contribution in [-0.2, 0) is 20.7 Å². The summed E-state index contributed by atoms with van der Waals surface area (Å²) in [6.45, 7) is 0. The van der Waals surface area contributed by atoms with Crippen LogP contribution in [0.25, 0.3) is 0 Å². The van der Waals surface area contributed by atoms with Gasteiger partial charge in [-0.1, -0.05) is 97.1 Å². The molecule has 1 saturated heterocycles. The Labute approximate surface area is 190 Å². The van der Waals surface area contributed by atoms with Gasteiger partial charge < -0.3 is 4.74 Å². The molecule has 0 aliphatic carbocycles. The third-order valence-corrected chi connectivity index (χ3v) is 5.88. The molecule has 1 aliphatic rings. The number of ketones is 3. The third kappa shape index (κ3) is 3.13. The lowest BCUT2D eigenvalue weighted by Crippen LogP contribution is -2.40. The Balaban J connectivity index is 1.73. The predicted octanol–water partition coefficient (Wildman–Crippen LogP) is 4.54. The molecule has 33 heavy (non-hydrogen) atoms. The number of carbonyl (C=O) groups is 3. The number of aromatic nitrogens is 1. The van der Waals surface area contributed by atoms with Crippen LogP contribution in [0, 0.1) is 0 Å². The van der Waals surface area contributed by atoms with Gasteiger partial charge in [0, 0.05) is 17.3 Å². The molecule has 0 bridgehead atoms. The first-order valence-corrected chi connectivity index (χ1v) is 10.5. The first kappa shape index (κ1) is 20.7. The van der Waals surface area contributed by atoms with Gasteiger partial charge in [-0.25, -0.2) is 0 Å². The van der Waals surface area contributed by atoms with Crippen LogP contribution in [0.15, 0.2) is 115 Å². The van der Waals surface area contributed by atoms with Crippen molar-refractivity contribution in [1.29, 1.82) is 0 Å². The van der Waals surface area contributed by atoms with E-state index < -0.39 is 28.6 Å². The van der Waals surface area contributed by atoms with Gasteiger partial charge in [-0.15, -0.1) is 0 Å². The van der Waals surface area contributed by atoms with Crippen molar-refractivity contribution in [1.82, 2.24) is 4.98 Å². The number of epoxide rings is 1. The van der Waals surface area contributed by atoms with Crippen molar-refractivity contribution in [3.05, 3.63) is 138 Å². The summed E-state index contributed by atoms with van der Waals surface area (Å²) in [5, 5.41) is 0. The fraction of sp³-hybridized carbons (Fsp3) is 0.0714. The second-order valence-electron chi connectivity index (χ2n) is 7.76. The van der Waals surface area contributed by atoms with E-state index in [9.17, 15) is 14.4 Å². The van der Waals surface area contributed by atoms with Crippen LogP contribution in [0.4, 0.5) is 0 Å². The van der Waals surface area contributed by atoms with Gasteiger partial charge in [0.05, 0.1) is 5.69 Å². The van der Waals surface area contributed by atoms with Crippen molar-refractivity contribution in [2.24, 2.45) is 0 Å². The maximum atomic E-state index is 14.0. The minimum Gasteiger partial charge on any atom is -0.333 e. The van der Waals surface area contributed by atoms with E-state index >= 15 is 0 Å². The molecule has 2 heterocycles. The molecule has 1 aliphatic heterocycles. The Morgan fingerprint density at radius 3 is 1.73 bits per heavy atom. The van der Waals surface area contributed by atoms with Gasteiger partial charge in [-0.2, -0.15) is 0 Å². The second kappa shape index (κ2) is 8.04. The predicted molar refractivity (Wildman–Crippen MR) is 122 cm³/mol. The zero-order valence-corrected chi connectivity index (χ0v) is 17.5. The third-order valence-electron chi connectivity index (χ3n) is 5.88. The van der Waals surface area contributed by atoms with Gasteiger partial charge in [0.15, 0.2) is 0 Å². The van der Waals surface area contributed by atoms with Crippen LogP contribution in [-0.4, -0.2) is 22.3 Å². The first-order chi connectivity index (χ1) is 16.1. The van der Waals surface area contributed by atoms with Crippen LogP contribution >= 0.6 is 0 Å². The number of hydrogen-bond donors (Lipinski definition) is 0. The van der Waals surface area contributed by atoms with Crippen molar-refractivity contribution in [3.8, 4) is 0 Å². The Morgan fingerprint density at radius 1 is 0.606 bits per heavy atom. The van der Waals surface area contributed by atoms with E-state index in [1.807, 2.05) is 0 Å². The van der Waals surface area contributed by atoms with Crippen LogP contribution in [0.1, 0.15) is 32.0 Å². The highest BCUT2D eigenvalue weighted by molar-refractivity contribution is 6.48. The number of carbonyl (C=O) groups excluding carboxylic acids is 3. The summed E-state index contributed by atoms with van der Waals surface area (Å²) in [6, 6.07) is 30.6. The molecule has 3 aromatic carbocycles.